The average molecular weight is 505 g/mol. The van der Waals surface area contributed by atoms with Crippen LogP contribution < -0.4 is 10.6 Å². The number of hydrogen-bond donors (Lipinski definition) is 3. The van der Waals surface area contributed by atoms with Gasteiger partial charge in [-0.15, -0.1) is 0 Å². The highest BCUT2D eigenvalue weighted by atomic mass is 19.4. The fourth-order valence-corrected chi connectivity index (χ4v) is 6.33. The van der Waals surface area contributed by atoms with Crippen LogP contribution in [-0.4, -0.2) is 30.1 Å². The molecule has 3 fully saturated rings. The van der Waals surface area contributed by atoms with E-state index >= 15 is 0 Å². The fourth-order valence-electron chi connectivity index (χ4n) is 6.33. The van der Waals surface area contributed by atoms with Crippen molar-refractivity contribution in [3.05, 3.63) is 65.0 Å². The van der Waals surface area contributed by atoms with Crippen LogP contribution in [0.1, 0.15) is 54.7 Å². The summed E-state index contributed by atoms with van der Waals surface area (Å²) in [5, 5.41) is 15.8. The summed E-state index contributed by atoms with van der Waals surface area (Å²) in [5.74, 6) is -4.74. The van der Waals surface area contributed by atoms with Crippen molar-refractivity contribution >= 4 is 17.6 Å². The minimum atomic E-state index is -4.71. The van der Waals surface area contributed by atoms with E-state index in [0.29, 0.717) is 37.3 Å². The number of anilines is 1. The summed E-state index contributed by atoms with van der Waals surface area (Å²) in [5.41, 5.74) is 0.781. The molecular weight excluding hydrogens is 476 g/mol. The van der Waals surface area contributed by atoms with Crippen LogP contribution in [0, 0.1) is 23.6 Å². The van der Waals surface area contributed by atoms with Crippen LogP contribution in [-0.2, 0) is 21.2 Å². The number of carboxylic acid groups (broad SMARTS) is 1. The molecule has 192 valence electrons. The lowest BCUT2D eigenvalue weighted by atomic mass is 9.68. The lowest BCUT2D eigenvalue weighted by molar-refractivity contribution is -0.148. The number of amides is 1. The van der Waals surface area contributed by atoms with Gasteiger partial charge in [-0.1, -0.05) is 30.7 Å². The minimum Gasteiger partial charge on any atom is -0.481 e. The Morgan fingerprint density at radius 3 is 2.47 bits per heavy atom. The van der Waals surface area contributed by atoms with Crippen molar-refractivity contribution in [2.24, 2.45) is 17.8 Å². The van der Waals surface area contributed by atoms with E-state index in [9.17, 15) is 32.3 Å². The Bertz CT molecular complexity index is 1170. The number of carboxylic acids is 1. The number of benzene rings is 2. The van der Waals surface area contributed by atoms with Crippen molar-refractivity contribution in [1.29, 1.82) is 0 Å². The zero-order valence-electron chi connectivity index (χ0n) is 19.6. The van der Waals surface area contributed by atoms with E-state index in [1.807, 2.05) is 12.1 Å². The molecule has 0 aromatic heterocycles. The third-order valence-electron chi connectivity index (χ3n) is 8.36. The average Bonchev–Trinajstić information content (AvgIpc) is 3.60. The molecule has 2 saturated carbocycles. The Morgan fingerprint density at radius 2 is 1.83 bits per heavy atom. The number of nitrogens with one attached hydrogen (secondary N) is 2. The van der Waals surface area contributed by atoms with E-state index in [4.69, 9.17) is 0 Å². The fraction of sp³-hybridized carbons (Fsp3) is 0.481. The zero-order valence-corrected chi connectivity index (χ0v) is 19.6. The molecule has 0 bridgehead atoms. The lowest BCUT2D eigenvalue weighted by Gasteiger charge is -2.35. The molecule has 5 nitrogen and oxygen atoms in total. The standard InChI is InChI=1S/C27H28F4N2O3/c28-21-12-17(27(29,30)31)8-9-22(21)33-24(34)20-3-1-2-19(23(20)25(35)36)15-4-6-16(7-5-15)26-10-11-32-14-18(26)13-26/h4-9,12,18-20,23,32H,1-3,10-11,13-14H2,(H,33,34)(H,35,36)/t18-,19-,20-,23-,26-/m1/s1. The summed E-state index contributed by atoms with van der Waals surface area (Å²) in [7, 11) is 0. The van der Waals surface area contributed by atoms with Crippen LogP contribution in [0.3, 0.4) is 0 Å². The van der Waals surface area contributed by atoms with Crippen LogP contribution in [0.5, 0.6) is 0 Å². The number of rotatable bonds is 5. The Labute approximate surface area is 206 Å². The maximum atomic E-state index is 14.3. The molecule has 2 aliphatic carbocycles. The molecule has 1 saturated heterocycles. The van der Waals surface area contributed by atoms with Crippen molar-refractivity contribution < 1.29 is 32.3 Å². The summed E-state index contributed by atoms with van der Waals surface area (Å²) < 4.78 is 52.8. The van der Waals surface area contributed by atoms with E-state index in [1.54, 1.807) is 0 Å². The van der Waals surface area contributed by atoms with Gasteiger partial charge in [-0.25, -0.2) is 4.39 Å². The Kier molecular flexibility index (Phi) is 6.31. The first-order valence-corrected chi connectivity index (χ1v) is 12.3. The number of fused-ring (bicyclic) bond motifs is 1. The van der Waals surface area contributed by atoms with Crippen LogP contribution in [0.15, 0.2) is 42.5 Å². The number of piperidine rings is 1. The predicted octanol–water partition coefficient (Wildman–Crippen LogP) is 5.32. The number of aliphatic carboxylic acids is 1. The summed E-state index contributed by atoms with van der Waals surface area (Å²) in [6.07, 6.45) is -0.951. The van der Waals surface area contributed by atoms with Crippen molar-refractivity contribution in [1.82, 2.24) is 5.32 Å². The Balaban J connectivity index is 1.34. The zero-order chi connectivity index (χ0) is 25.7. The second-order valence-electron chi connectivity index (χ2n) is 10.3. The van der Waals surface area contributed by atoms with Crippen molar-refractivity contribution in [3.8, 4) is 0 Å². The van der Waals surface area contributed by atoms with Gasteiger partial charge < -0.3 is 15.7 Å². The molecule has 1 aliphatic heterocycles. The molecule has 0 radical (unpaired) electrons. The molecule has 0 spiro atoms. The number of alkyl halides is 3. The largest absolute Gasteiger partial charge is 0.481 e. The predicted molar refractivity (Wildman–Crippen MR) is 125 cm³/mol. The maximum Gasteiger partial charge on any atom is 0.416 e. The highest BCUT2D eigenvalue weighted by Crippen LogP contribution is 2.58. The second-order valence-corrected chi connectivity index (χ2v) is 10.3. The monoisotopic (exact) mass is 504 g/mol. The van der Waals surface area contributed by atoms with Gasteiger partial charge >= 0.3 is 12.1 Å². The van der Waals surface area contributed by atoms with E-state index in [-0.39, 0.29) is 11.3 Å². The molecule has 5 atom stereocenters. The summed E-state index contributed by atoms with van der Waals surface area (Å²) in [6.45, 7) is 2.00. The number of carbonyl (C=O) groups excluding carboxylic acids is 1. The molecular formula is C27H28F4N2O3. The van der Waals surface area contributed by atoms with E-state index in [1.165, 1.54) is 5.56 Å². The molecule has 2 aromatic rings. The molecule has 1 amide bonds. The Hall–Kier alpha value is -2.94. The van der Waals surface area contributed by atoms with Crippen molar-refractivity contribution in [2.75, 3.05) is 18.4 Å². The van der Waals surface area contributed by atoms with Crippen LogP contribution in [0.2, 0.25) is 0 Å². The van der Waals surface area contributed by atoms with E-state index < -0.39 is 47.0 Å². The van der Waals surface area contributed by atoms with Gasteiger partial charge in [0.2, 0.25) is 5.91 Å². The van der Waals surface area contributed by atoms with Crippen molar-refractivity contribution in [2.45, 2.75) is 49.6 Å². The van der Waals surface area contributed by atoms with E-state index in [0.717, 1.165) is 37.6 Å². The third kappa shape index (κ3) is 4.49. The molecule has 3 N–H and O–H groups in total. The molecule has 0 unspecified atom stereocenters. The molecule has 1 heterocycles. The summed E-state index contributed by atoms with van der Waals surface area (Å²) >= 11 is 0. The van der Waals surface area contributed by atoms with Gasteiger partial charge in [0.25, 0.3) is 0 Å². The van der Waals surface area contributed by atoms with Gasteiger partial charge in [0.15, 0.2) is 0 Å². The summed E-state index contributed by atoms with van der Waals surface area (Å²) in [4.78, 5) is 25.3. The number of halogens is 4. The summed E-state index contributed by atoms with van der Waals surface area (Å²) in [6, 6.07) is 9.97. The molecule has 9 heteroatoms. The maximum absolute atomic E-state index is 14.3. The molecule has 36 heavy (non-hydrogen) atoms. The van der Waals surface area contributed by atoms with Crippen LogP contribution in [0.25, 0.3) is 0 Å². The first-order chi connectivity index (χ1) is 17.1. The van der Waals surface area contributed by atoms with Gasteiger partial charge in [0.05, 0.1) is 23.1 Å². The SMILES string of the molecule is O=C(O)[C@@H]1[C@@H](c2ccc([C@]34CCNC[C@H]3C4)cc2)CCC[C@H]1C(=O)Nc1ccc(C(F)(F)F)cc1F. The van der Waals surface area contributed by atoms with Crippen molar-refractivity contribution in [3.63, 3.8) is 0 Å². The first kappa shape index (κ1) is 24.7. The highest BCUT2D eigenvalue weighted by molar-refractivity contribution is 5.95. The molecule has 2 aromatic carbocycles. The third-order valence-corrected chi connectivity index (χ3v) is 8.36. The number of carbonyl (C=O) groups is 2. The van der Waals surface area contributed by atoms with Gasteiger partial charge in [-0.3, -0.25) is 9.59 Å². The van der Waals surface area contributed by atoms with E-state index in [2.05, 4.69) is 22.8 Å². The Morgan fingerprint density at radius 1 is 1.08 bits per heavy atom. The molecule has 3 aliphatic rings. The smallest absolute Gasteiger partial charge is 0.416 e. The topological polar surface area (TPSA) is 78.4 Å². The lowest BCUT2D eigenvalue weighted by Crippen LogP contribution is -2.40. The minimum absolute atomic E-state index is 0.219. The molecule has 5 rings (SSSR count). The van der Waals surface area contributed by atoms with Crippen LogP contribution in [0.4, 0.5) is 23.2 Å². The number of hydrogen-bond acceptors (Lipinski definition) is 3. The second kappa shape index (κ2) is 9.18. The van der Waals surface area contributed by atoms with Gasteiger partial charge in [-0.05, 0) is 79.9 Å². The van der Waals surface area contributed by atoms with Gasteiger partial charge in [0, 0.05) is 5.41 Å². The van der Waals surface area contributed by atoms with Gasteiger partial charge in [-0.2, -0.15) is 13.2 Å². The highest BCUT2D eigenvalue weighted by Gasteiger charge is 2.55. The normalized spacial score (nSPS) is 29.8. The van der Waals surface area contributed by atoms with Gasteiger partial charge in [0.1, 0.15) is 5.82 Å². The van der Waals surface area contributed by atoms with Crippen LogP contribution >= 0.6 is 0 Å². The quantitative estimate of drug-likeness (QED) is 0.482. The first-order valence-electron chi connectivity index (χ1n) is 12.3.